The number of fused-ring (bicyclic) bond motifs is 1. The van der Waals surface area contributed by atoms with Crippen LogP contribution in [0.2, 0.25) is 10.0 Å². The van der Waals surface area contributed by atoms with Gasteiger partial charge in [0.15, 0.2) is 5.65 Å². The van der Waals surface area contributed by atoms with Gasteiger partial charge in [-0.05, 0) is 18.2 Å². The summed E-state index contributed by atoms with van der Waals surface area (Å²) in [7, 11) is 0. The molecule has 0 aliphatic rings. The SMILES string of the molecule is Nc1ncc(C(=O)Nc2cnc3c(Cl)cccn23)cc1Cl. The third-order valence-corrected chi connectivity index (χ3v) is 3.46. The lowest BCUT2D eigenvalue weighted by atomic mass is 10.2. The van der Waals surface area contributed by atoms with Crippen LogP contribution in [0.4, 0.5) is 11.6 Å². The zero-order valence-corrected chi connectivity index (χ0v) is 12.1. The van der Waals surface area contributed by atoms with Gasteiger partial charge in [-0.2, -0.15) is 0 Å². The molecule has 1 amide bonds. The summed E-state index contributed by atoms with van der Waals surface area (Å²) in [6, 6.07) is 4.93. The topological polar surface area (TPSA) is 85.3 Å². The summed E-state index contributed by atoms with van der Waals surface area (Å²) < 4.78 is 1.67. The van der Waals surface area contributed by atoms with Gasteiger partial charge < -0.3 is 11.1 Å². The number of nitrogens with two attached hydrogens (primary N) is 1. The van der Waals surface area contributed by atoms with Crippen molar-refractivity contribution in [3.8, 4) is 0 Å². The van der Waals surface area contributed by atoms with Crippen LogP contribution in [0.25, 0.3) is 5.65 Å². The van der Waals surface area contributed by atoms with Crippen LogP contribution in [0.3, 0.4) is 0 Å². The molecule has 0 radical (unpaired) electrons. The van der Waals surface area contributed by atoms with Crippen LogP contribution in [-0.4, -0.2) is 20.3 Å². The fraction of sp³-hybridized carbons (Fsp3) is 0. The second-order valence-electron chi connectivity index (χ2n) is 4.24. The number of carbonyl (C=O) groups excluding carboxylic acids is 1. The van der Waals surface area contributed by atoms with Crippen LogP contribution in [0, 0.1) is 0 Å². The molecular weight excluding hydrogens is 313 g/mol. The average molecular weight is 322 g/mol. The summed E-state index contributed by atoms with van der Waals surface area (Å²) in [5, 5.41) is 3.44. The first kappa shape index (κ1) is 13.7. The molecule has 0 aliphatic carbocycles. The number of imidazole rings is 1. The van der Waals surface area contributed by atoms with Gasteiger partial charge in [0.25, 0.3) is 5.91 Å². The molecule has 0 aliphatic heterocycles. The van der Waals surface area contributed by atoms with Gasteiger partial charge in [-0.3, -0.25) is 9.20 Å². The third-order valence-electron chi connectivity index (χ3n) is 2.86. The Balaban J connectivity index is 1.93. The first-order valence-electron chi connectivity index (χ1n) is 5.90. The maximum Gasteiger partial charge on any atom is 0.258 e. The minimum Gasteiger partial charge on any atom is -0.382 e. The van der Waals surface area contributed by atoms with Crippen LogP contribution in [0.15, 0.2) is 36.8 Å². The number of hydrogen-bond acceptors (Lipinski definition) is 4. The molecule has 3 rings (SSSR count). The minimum absolute atomic E-state index is 0.176. The van der Waals surface area contributed by atoms with Crippen molar-refractivity contribution in [2.75, 3.05) is 11.1 Å². The molecule has 0 saturated carbocycles. The Hall–Kier alpha value is -2.31. The van der Waals surface area contributed by atoms with Gasteiger partial charge in [0, 0.05) is 12.4 Å². The highest BCUT2D eigenvalue weighted by atomic mass is 35.5. The predicted octanol–water partition coefficient (Wildman–Crippen LogP) is 2.87. The summed E-state index contributed by atoms with van der Waals surface area (Å²) >= 11 is 11.9. The smallest absolute Gasteiger partial charge is 0.258 e. The lowest BCUT2D eigenvalue weighted by Gasteiger charge is -2.06. The zero-order valence-electron chi connectivity index (χ0n) is 10.5. The van der Waals surface area contributed by atoms with Crippen molar-refractivity contribution in [2.45, 2.75) is 0 Å². The molecule has 0 bridgehead atoms. The van der Waals surface area contributed by atoms with E-state index in [4.69, 9.17) is 28.9 Å². The monoisotopic (exact) mass is 321 g/mol. The molecule has 6 nitrogen and oxygen atoms in total. The Morgan fingerprint density at radius 1 is 1.24 bits per heavy atom. The van der Waals surface area contributed by atoms with E-state index in [1.165, 1.54) is 18.5 Å². The average Bonchev–Trinajstić information content (AvgIpc) is 2.86. The molecule has 0 saturated heterocycles. The first-order chi connectivity index (χ1) is 10.1. The zero-order chi connectivity index (χ0) is 15.0. The van der Waals surface area contributed by atoms with E-state index in [0.29, 0.717) is 22.1 Å². The molecule has 3 aromatic rings. The molecule has 3 N–H and O–H groups in total. The molecule has 3 aromatic heterocycles. The fourth-order valence-electron chi connectivity index (χ4n) is 1.83. The summed E-state index contributed by atoms with van der Waals surface area (Å²) in [5.74, 6) is 0.298. The molecular formula is C13H9Cl2N5O. The van der Waals surface area contributed by atoms with Crippen LogP contribution in [0.5, 0.6) is 0 Å². The normalized spacial score (nSPS) is 10.8. The number of aromatic nitrogens is 3. The van der Waals surface area contributed by atoms with Crippen molar-refractivity contribution in [1.29, 1.82) is 0 Å². The quantitative estimate of drug-likeness (QED) is 0.760. The molecule has 0 atom stereocenters. The van der Waals surface area contributed by atoms with Gasteiger partial charge in [0.05, 0.1) is 21.8 Å². The minimum atomic E-state index is -0.369. The van der Waals surface area contributed by atoms with Crippen LogP contribution in [0.1, 0.15) is 10.4 Å². The van der Waals surface area contributed by atoms with Crippen molar-refractivity contribution in [3.05, 3.63) is 52.4 Å². The van der Waals surface area contributed by atoms with E-state index in [2.05, 4.69) is 15.3 Å². The Morgan fingerprint density at radius 3 is 2.81 bits per heavy atom. The number of nitrogen functional groups attached to an aromatic ring is 1. The van der Waals surface area contributed by atoms with E-state index >= 15 is 0 Å². The number of anilines is 2. The van der Waals surface area contributed by atoms with E-state index in [1.54, 1.807) is 22.7 Å². The highest BCUT2D eigenvalue weighted by molar-refractivity contribution is 6.33. The van der Waals surface area contributed by atoms with Crippen molar-refractivity contribution in [2.24, 2.45) is 0 Å². The molecule has 0 unspecified atom stereocenters. The Labute approximate surface area is 129 Å². The van der Waals surface area contributed by atoms with Crippen LogP contribution < -0.4 is 11.1 Å². The van der Waals surface area contributed by atoms with Crippen molar-refractivity contribution < 1.29 is 4.79 Å². The van der Waals surface area contributed by atoms with Gasteiger partial charge in [0.2, 0.25) is 0 Å². The van der Waals surface area contributed by atoms with Crippen molar-refractivity contribution in [1.82, 2.24) is 14.4 Å². The van der Waals surface area contributed by atoms with Crippen LogP contribution in [-0.2, 0) is 0 Å². The number of rotatable bonds is 2. The summed E-state index contributed by atoms with van der Waals surface area (Å²) in [6.45, 7) is 0. The largest absolute Gasteiger partial charge is 0.382 e. The number of pyridine rings is 2. The second-order valence-corrected chi connectivity index (χ2v) is 5.05. The standard InChI is InChI=1S/C13H9Cl2N5O/c14-8-2-1-3-20-10(6-18-12(8)20)19-13(21)7-4-9(15)11(16)17-5-7/h1-6H,(H2,16,17)(H,19,21). The molecule has 106 valence electrons. The maximum atomic E-state index is 12.2. The van der Waals surface area contributed by atoms with E-state index in [9.17, 15) is 4.79 Å². The van der Waals surface area contributed by atoms with Crippen molar-refractivity contribution in [3.63, 3.8) is 0 Å². The highest BCUT2D eigenvalue weighted by Gasteiger charge is 2.12. The molecule has 0 spiro atoms. The van der Waals surface area contributed by atoms with E-state index in [0.717, 1.165) is 0 Å². The van der Waals surface area contributed by atoms with E-state index in [1.807, 2.05) is 0 Å². The lowest BCUT2D eigenvalue weighted by Crippen LogP contribution is -2.14. The van der Waals surface area contributed by atoms with Crippen LogP contribution >= 0.6 is 23.2 Å². The second kappa shape index (κ2) is 5.23. The Morgan fingerprint density at radius 2 is 2.05 bits per heavy atom. The summed E-state index contributed by atoms with van der Waals surface area (Å²) in [5.41, 5.74) is 6.37. The Kier molecular flexibility index (Phi) is 3.40. The number of halogens is 2. The molecule has 0 aromatic carbocycles. The maximum absolute atomic E-state index is 12.2. The van der Waals surface area contributed by atoms with E-state index in [-0.39, 0.29) is 16.7 Å². The number of carbonyl (C=O) groups is 1. The number of nitrogens with zero attached hydrogens (tertiary/aromatic N) is 3. The van der Waals surface area contributed by atoms with Gasteiger partial charge in [0.1, 0.15) is 11.6 Å². The predicted molar refractivity (Wildman–Crippen MR) is 81.8 cm³/mol. The fourth-order valence-corrected chi connectivity index (χ4v) is 2.21. The highest BCUT2D eigenvalue weighted by Crippen LogP contribution is 2.21. The van der Waals surface area contributed by atoms with Gasteiger partial charge in [-0.1, -0.05) is 23.2 Å². The number of amides is 1. The molecule has 21 heavy (non-hydrogen) atoms. The lowest BCUT2D eigenvalue weighted by molar-refractivity contribution is 0.102. The summed E-state index contributed by atoms with van der Waals surface area (Å²) in [4.78, 5) is 20.2. The number of nitrogens with one attached hydrogen (secondary N) is 1. The van der Waals surface area contributed by atoms with Crippen molar-refractivity contribution >= 4 is 46.4 Å². The van der Waals surface area contributed by atoms with Gasteiger partial charge in [-0.15, -0.1) is 0 Å². The van der Waals surface area contributed by atoms with Gasteiger partial charge in [-0.25, -0.2) is 9.97 Å². The third kappa shape index (κ3) is 2.51. The Bertz CT molecular complexity index is 846. The molecule has 0 fully saturated rings. The molecule has 3 heterocycles. The van der Waals surface area contributed by atoms with E-state index < -0.39 is 0 Å². The number of hydrogen-bond donors (Lipinski definition) is 2. The summed E-state index contributed by atoms with van der Waals surface area (Å²) in [6.07, 6.45) is 4.62. The first-order valence-corrected chi connectivity index (χ1v) is 6.66. The molecule has 8 heteroatoms. The van der Waals surface area contributed by atoms with Gasteiger partial charge >= 0.3 is 0 Å².